The van der Waals surface area contributed by atoms with E-state index in [1.807, 2.05) is 17.0 Å². The molecule has 3 heterocycles. The van der Waals surface area contributed by atoms with Crippen LogP contribution in [0.5, 0.6) is 0 Å². The SMILES string of the molecule is Cc1ccc(C2SCCN2C(=O)c2cc(-c3cccnc3)on2)cc1. The number of pyridine rings is 1. The zero-order valence-electron chi connectivity index (χ0n) is 13.8. The molecule has 1 aliphatic rings. The van der Waals surface area contributed by atoms with Crippen LogP contribution in [0.25, 0.3) is 11.3 Å². The molecule has 1 saturated heterocycles. The number of carbonyl (C=O) groups is 1. The van der Waals surface area contributed by atoms with Gasteiger partial charge in [0.05, 0.1) is 0 Å². The third-order valence-electron chi connectivity index (χ3n) is 4.19. The van der Waals surface area contributed by atoms with Crippen LogP contribution in [0.4, 0.5) is 0 Å². The second kappa shape index (κ2) is 6.72. The van der Waals surface area contributed by atoms with Crippen LogP contribution in [-0.2, 0) is 0 Å². The van der Waals surface area contributed by atoms with Crippen molar-refractivity contribution in [2.45, 2.75) is 12.3 Å². The molecular formula is C19H17N3O2S. The fourth-order valence-corrected chi connectivity index (χ4v) is 4.11. The quantitative estimate of drug-likeness (QED) is 0.715. The van der Waals surface area contributed by atoms with E-state index >= 15 is 0 Å². The maximum Gasteiger partial charge on any atom is 0.277 e. The predicted molar refractivity (Wildman–Crippen MR) is 97.1 cm³/mol. The van der Waals surface area contributed by atoms with Crippen molar-refractivity contribution in [1.82, 2.24) is 15.0 Å². The van der Waals surface area contributed by atoms with Gasteiger partial charge in [0.15, 0.2) is 11.5 Å². The van der Waals surface area contributed by atoms with Crippen molar-refractivity contribution in [3.63, 3.8) is 0 Å². The Morgan fingerprint density at radius 1 is 1.28 bits per heavy atom. The Kier molecular flexibility index (Phi) is 4.28. The fraction of sp³-hybridized carbons (Fsp3) is 0.211. The first-order chi connectivity index (χ1) is 12.2. The molecule has 1 amide bonds. The average molecular weight is 351 g/mol. The van der Waals surface area contributed by atoms with Crippen molar-refractivity contribution < 1.29 is 9.32 Å². The Morgan fingerprint density at radius 2 is 2.12 bits per heavy atom. The summed E-state index contributed by atoms with van der Waals surface area (Å²) in [6, 6.07) is 13.7. The van der Waals surface area contributed by atoms with Gasteiger partial charge < -0.3 is 9.42 Å². The Balaban J connectivity index is 1.58. The van der Waals surface area contributed by atoms with Crippen LogP contribution in [0, 0.1) is 6.92 Å². The first kappa shape index (κ1) is 15.9. The van der Waals surface area contributed by atoms with Gasteiger partial charge in [0.2, 0.25) is 0 Å². The molecule has 2 aromatic heterocycles. The summed E-state index contributed by atoms with van der Waals surface area (Å²) < 4.78 is 5.34. The Bertz CT molecular complexity index is 877. The maximum atomic E-state index is 12.9. The first-order valence-corrected chi connectivity index (χ1v) is 9.13. The lowest BCUT2D eigenvalue weighted by molar-refractivity contribution is 0.0750. The van der Waals surface area contributed by atoms with E-state index in [2.05, 4.69) is 41.3 Å². The maximum absolute atomic E-state index is 12.9. The summed E-state index contributed by atoms with van der Waals surface area (Å²) in [6.07, 6.45) is 3.38. The summed E-state index contributed by atoms with van der Waals surface area (Å²) in [5.74, 6) is 1.36. The Morgan fingerprint density at radius 3 is 2.88 bits per heavy atom. The summed E-state index contributed by atoms with van der Waals surface area (Å²) in [5.41, 5.74) is 3.48. The number of amides is 1. The van der Waals surface area contributed by atoms with Crippen molar-refractivity contribution in [2.75, 3.05) is 12.3 Å². The van der Waals surface area contributed by atoms with Gasteiger partial charge in [0.1, 0.15) is 5.37 Å². The number of benzene rings is 1. The van der Waals surface area contributed by atoms with Crippen LogP contribution in [0.2, 0.25) is 0 Å². The third-order valence-corrected chi connectivity index (χ3v) is 5.45. The monoisotopic (exact) mass is 351 g/mol. The Labute approximate surface area is 150 Å². The van der Waals surface area contributed by atoms with Gasteiger partial charge in [-0.25, -0.2) is 0 Å². The molecule has 1 fully saturated rings. The molecule has 0 aliphatic carbocycles. The molecule has 1 unspecified atom stereocenters. The minimum atomic E-state index is -0.102. The number of nitrogens with zero attached hydrogens (tertiary/aromatic N) is 3. The van der Waals surface area contributed by atoms with Gasteiger partial charge in [0.25, 0.3) is 5.91 Å². The second-order valence-corrected chi connectivity index (χ2v) is 7.14. The molecule has 1 aromatic carbocycles. The topological polar surface area (TPSA) is 59.2 Å². The van der Waals surface area contributed by atoms with Gasteiger partial charge >= 0.3 is 0 Å². The molecule has 1 atom stereocenters. The van der Waals surface area contributed by atoms with Crippen LogP contribution < -0.4 is 0 Å². The average Bonchev–Trinajstić information content (AvgIpc) is 3.32. The van der Waals surface area contributed by atoms with E-state index in [1.54, 1.807) is 30.2 Å². The highest BCUT2D eigenvalue weighted by Crippen LogP contribution is 2.38. The summed E-state index contributed by atoms with van der Waals surface area (Å²) in [6.45, 7) is 2.76. The molecule has 4 rings (SSSR count). The number of hydrogen-bond donors (Lipinski definition) is 0. The van der Waals surface area contributed by atoms with E-state index in [9.17, 15) is 4.79 Å². The molecule has 0 N–H and O–H groups in total. The van der Waals surface area contributed by atoms with Crippen molar-refractivity contribution in [1.29, 1.82) is 0 Å². The number of thioether (sulfide) groups is 1. The normalized spacial score (nSPS) is 17.0. The molecular weight excluding hydrogens is 334 g/mol. The third kappa shape index (κ3) is 3.17. The molecule has 1 aliphatic heterocycles. The summed E-state index contributed by atoms with van der Waals surface area (Å²) >= 11 is 1.77. The highest BCUT2D eigenvalue weighted by Gasteiger charge is 2.32. The summed E-state index contributed by atoms with van der Waals surface area (Å²) in [5, 5.41) is 4.00. The van der Waals surface area contributed by atoms with E-state index in [4.69, 9.17) is 4.52 Å². The zero-order chi connectivity index (χ0) is 17.2. The Hall–Kier alpha value is -2.60. The zero-order valence-corrected chi connectivity index (χ0v) is 14.6. The largest absolute Gasteiger partial charge is 0.355 e. The van der Waals surface area contributed by atoms with Gasteiger partial charge in [-0.2, -0.15) is 0 Å². The molecule has 5 nitrogen and oxygen atoms in total. The second-order valence-electron chi connectivity index (χ2n) is 5.95. The van der Waals surface area contributed by atoms with Crippen LogP contribution in [0.15, 0.2) is 59.4 Å². The van der Waals surface area contributed by atoms with Crippen molar-refractivity contribution in [2.24, 2.45) is 0 Å². The molecule has 0 spiro atoms. The molecule has 0 saturated carbocycles. The van der Waals surface area contributed by atoms with E-state index < -0.39 is 0 Å². The number of aryl methyl sites for hydroxylation is 1. The fourth-order valence-electron chi connectivity index (χ4n) is 2.85. The van der Waals surface area contributed by atoms with Crippen LogP contribution >= 0.6 is 11.8 Å². The molecule has 25 heavy (non-hydrogen) atoms. The van der Waals surface area contributed by atoms with E-state index in [-0.39, 0.29) is 11.3 Å². The minimum Gasteiger partial charge on any atom is -0.355 e. The van der Waals surface area contributed by atoms with Gasteiger partial charge in [0, 0.05) is 36.3 Å². The van der Waals surface area contributed by atoms with E-state index in [0.717, 1.165) is 16.9 Å². The van der Waals surface area contributed by atoms with Crippen molar-refractivity contribution in [3.05, 3.63) is 71.7 Å². The molecule has 0 radical (unpaired) electrons. The van der Waals surface area contributed by atoms with Crippen LogP contribution in [0.3, 0.4) is 0 Å². The number of aromatic nitrogens is 2. The molecule has 3 aromatic rings. The van der Waals surface area contributed by atoms with Gasteiger partial charge in [-0.05, 0) is 24.6 Å². The number of hydrogen-bond acceptors (Lipinski definition) is 5. The van der Waals surface area contributed by atoms with Crippen molar-refractivity contribution in [3.8, 4) is 11.3 Å². The van der Waals surface area contributed by atoms with E-state index in [0.29, 0.717) is 18.0 Å². The number of rotatable bonds is 3. The summed E-state index contributed by atoms with van der Waals surface area (Å²) in [4.78, 5) is 18.8. The first-order valence-electron chi connectivity index (χ1n) is 8.08. The molecule has 0 bridgehead atoms. The lowest BCUT2D eigenvalue weighted by atomic mass is 10.1. The van der Waals surface area contributed by atoms with Crippen LogP contribution in [0.1, 0.15) is 27.0 Å². The van der Waals surface area contributed by atoms with Gasteiger partial charge in [-0.3, -0.25) is 9.78 Å². The lowest BCUT2D eigenvalue weighted by Gasteiger charge is -2.23. The van der Waals surface area contributed by atoms with Crippen molar-refractivity contribution >= 4 is 17.7 Å². The standard InChI is InChI=1S/C19H17N3O2S/c1-13-4-6-14(7-5-13)19-22(9-10-25-19)18(23)16-11-17(24-21-16)15-3-2-8-20-12-15/h2-8,11-12,19H,9-10H2,1H3. The van der Waals surface area contributed by atoms with Gasteiger partial charge in [-0.1, -0.05) is 35.0 Å². The minimum absolute atomic E-state index is 0.0200. The highest BCUT2D eigenvalue weighted by molar-refractivity contribution is 7.99. The van der Waals surface area contributed by atoms with Crippen LogP contribution in [-0.4, -0.2) is 33.2 Å². The summed E-state index contributed by atoms with van der Waals surface area (Å²) in [7, 11) is 0. The molecule has 126 valence electrons. The lowest BCUT2D eigenvalue weighted by Crippen LogP contribution is -2.30. The smallest absolute Gasteiger partial charge is 0.277 e. The van der Waals surface area contributed by atoms with E-state index in [1.165, 1.54) is 5.56 Å². The molecule has 6 heteroatoms. The highest BCUT2D eigenvalue weighted by atomic mass is 32.2. The predicted octanol–water partition coefficient (Wildman–Crippen LogP) is 3.93. The number of carbonyl (C=O) groups excluding carboxylic acids is 1. The van der Waals surface area contributed by atoms with Gasteiger partial charge in [-0.15, -0.1) is 11.8 Å².